The normalized spacial score (nSPS) is 22.9. The van der Waals surface area contributed by atoms with Crippen LogP contribution in [0.1, 0.15) is 25.7 Å². The van der Waals surface area contributed by atoms with Gasteiger partial charge in [-0.05, 0) is 36.8 Å². The molecule has 0 spiro atoms. The Morgan fingerprint density at radius 3 is 2.75 bits per heavy atom. The standard InChI is InChI=1S/C16H21N3O/c20-10-13-6-2-1-5-12(13)9-17-16-14-7-3-4-8-15(14)18-11-19-16/h3-4,7-8,11-13,20H,1-2,5-6,9-10H2,(H,17,18,19). The van der Waals surface area contributed by atoms with E-state index >= 15 is 0 Å². The fraction of sp³-hybridized carbons (Fsp3) is 0.500. The third kappa shape index (κ3) is 2.75. The number of rotatable bonds is 4. The molecule has 4 heteroatoms. The summed E-state index contributed by atoms with van der Waals surface area (Å²) < 4.78 is 0. The third-order valence-corrected chi connectivity index (χ3v) is 4.38. The van der Waals surface area contributed by atoms with Gasteiger partial charge < -0.3 is 10.4 Å². The molecule has 3 rings (SSSR count). The van der Waals surface area contributed by atoms with Crippen molar-refractivity contribution in [2.24, 2.45) is 11.8 Å². The smallest absolute Gasteiger partial charge is 0.137 e. The van der Waals surface area contributed by atoms with Crippen molar-refractivity contribution in [3.63, 3.8) is 0 Å². The molecule has 0 amide bonds. The lowest BCUT2D eigenvalue weighted by molar-refractivity contribution is 0.141. The van der Waals surface area contributed by atoms with Gasteiger partial charge >= 0.3 is 0 Å². The number of hydrogen-bond donors (Lipinski definition) is 2. The number of nitrogens with zero attached hydrogens (tertiary/aromatic N) is 2. The summed E-state index contributed by atoms with van der Waals surface area (Å²) in [5.74, 6) is 1.88. The van der Waals surface area contributed by atoms with E-state index in [1.54, 1.807) is 6.33 Å². The molecule has 0 saturated heterocycles. The lowest BCUT2D eigenvalue weighted by Gasteiger charge is -2.30. The molecule has 1 aliphatic rings. The molecule has 1 aromatic carbocycles. The maximum Gasteiger partial charge on any atom is 0.137 e. The molecular weight excluding hydrogens is 250 g/mol. The molecular formula is C16H21N3O. The van der Waals surface area contributed by atoms with Crippen LogP contribution in [-0.2, 0) is 0 Å². The first-order chi connectivity index (χ1) is 9.88. The molecule has 2 unspecified atom stereocenters. The van der Waals surface area contributed by atoms with Crippen LogP contribution in [0.2, 0.25) is 0 Å². The van der Waals surface area contributed by atoms with Crippen molar-refractivity contribution in [3.05, 3.63) is 30.6 Å². The van der Waals surface area contributed by atoms with E-state index in [1.165, 1.54) is 19.3 Å². The first-order valence-electron chi connectivity index (χ1n) is 7.43. The minimum atomic E-state index is 0.302. The van der Waals surface area contributed by atoms with Crippen LogP contribution in [0.3, 0.4) is 0 Å². The summed E-state index contributed by atoms with van der Waals surface area (Å²) in [6.07, 6.45) is 6.47. The van der Waals surface area contributed by atoms with Crippen molar-refractivity contribution in [2.75, 3.05) is 18.5 Å². The van der Waals surface area contributed by atoms with E-state index in [-0.39, 0.29) is 0 Å². The summed E-state index contributed by atoms with van der Waals surface area (Å²) in [5, 5.41) is 14.0. The first-order valence-corrected chi connectivity index (χ1v) is 7.43. The van der Waals surface area contributed by atoms with Crippen molar-refractivity contribution >= 4 is 16.7 Å². The zero-order valence-electron chi connectivity index (χ0n) is 11.6. The van der Waals surface area contributed by atoms with E-state index in [9.17, 15) is 5.11 Å². The quantitative estimate of drug-likeness (QED) is 0.897. The Bertz CT molecular complexity index is 567. The van der Waals surface area contributed by atoms with Gasteiger partial charge in [-0.2, -0.15) is 0 Å². The topological polar surface area (TPSA) is 58.0 Å². The molecule has 106 valence electrons. The summed E-state index contributed by atoms with van der Waals surface area (Å²) in [6, 6.07) is 8.04. The number of para-hydroxylation sites is 1. The van der Waals surface area contributed by atoms with Crippen LogP contribution in [0, 0.1) is 11.8 Å². The van der Waals surface area contributed by atoms with E-state index < -0.39 is 0 Å². The summed E-state index contributed by atoms with van der Waals surface area (Å²) in [5.41, 5.74) is 0.965. The number of aromatic nitrogens is 2. The maximum atomic E-state index is 9.48. The summed E-state index contributed by atoms with van der Waals surface area (Å²) in [7, 11) is 0. The van der Waals surface area contributed by atoms with Gasteiger partial charge in [-0.1, -0.05) is 25.0 Å². The average molecular weight is 271 g/mol. The molecule has 1 fully saturated rings. The molecule has 0 radical (unpaired) electrons. The van der Waals surface area contributed by atoms with Crippen LogP contribution in [0.5, 0.6) is 0 Å². The van der Waals surface area contributed by atoms with Crippen LogP contribution in [0.25, 0.3) is 10.9 Å². The Labute approximate surface area is 119 Å². The first kappa shape index (κ1) is 13.3. The van der Waals surface area contributed by atoms with E-state index in [0.29, 0.717) is 18.4 Å². The highest BCUT2D eigenvalue weighted by Gasteiger charge is 2.24. The van der Waals surface area contributed by atoms with Gasteiger partial charge in [0.05, 0.1) is 5.52 Å². The van der Waals surface area contributed by atoms with Gasteiger partial charge in [0.2, 0.25) is 0 Å². The molecule has 1 aromatic heterocycles. The zero-order valence-corrected chi connectivity index (χ0v) is 11.6. The number of hydrogen-bond acceptors (Lipinski definition) is 4. The highest BCUT2D eigenvalue weighted by Crippen LogP contribution is 2.30. The Morgan fingerprint density at radius 1 is 1.10 bits per heavy atom. The van der Waals surface area contributed by atoms with Gasteiger partial charge in [0, 0.05) is 18.5 Å². The lowest BCUT2D eigenvalue weighted by atomic mass is 9.79. The number of aliphatic hydroxyl groups is 1. The molecule has 1 saturated carbocycles. The van der Waals surface area contributed by atoms with Gasteiger partial charge in [-0.25, -0.2) is 9.97 Å². The highest BCUT2D eigenvalue weighted by molar-refractivity contribution is 5.88. The second kappa shape index (κ2) is 6.18. The van der Waals surface area contributed by atoms with Gasteiger partial charge in [0.25, 0.3) is 0 Å². The monoisotopic (exact) mass is 271 g/mol. The van der Waals surface area contributed by atoms with Crippen LogP contribution in [-0.4, -0.2) is 28.2 Å². The summed E-state index contributed by atoms with van der Waals surface area (Å²) >= 11 is 0. The van der Waals surface area contributed by atoms with E-state index in [2.05, 4.69) is 15.3 Å². The largest absolute Gasteiger partial charge is 0.396 e. The number of aliphatic hydroxyl groups excluding tert-OH is 1. The zero-order chi connectivity index (χ0) is 13.8. The van der Waals surface area contributed by atoms with Gasteiger partial charge in [0.1, 0.15) is 12.1 Å². The second-order valence-electron chi connectivity index (χ2n) is 5.61. The molecule has 1 heterocycles. The predicted octanol–water partition coefficient (Wildman–Crippen LogP) is 2.84. The Kier molecular flexibility index (Phi) is 4.11. The number of fused-ring (bicyclic) bond motifs is 1. The molecule has 2 aromatic rings. The van der Waals surface area contributed by atoms with Gasteiger partial charge in [0.15, 0.2) is 0 Å². The molecule has 4 nitrogen and oxygen atoms in total. The number of benzene rings is 1. The van der Waals surface area contributed by atoms with Crippen molar-refractivity contribution in [3.8, 4) is 0 Å². The second-order valence-corrected chi connectivity index (χ2v) is 5.61. The summed E-state index contributed by atoms with van der Waals surface area (Å²) in [4.78, 5) is 8.63. The van der Waals surface area contributed by atoms with E-state index in [0.717, 1.165) is 29.7 Å². The highest BCUT2D eigenvalue weighted by atomic mass is 16.3. The number of nitrogens with one attached hydrogen (secondary N) is 1. The molecule has 0 bridgehead atoms. The summed E-state index contributed by atoms with van der Waals surface area (Å²) in [6.45, 7) is 1.18. The minimum Gasteiger partial charge on any atom is -0.396 e. The molecule has 2 N–H and O–H groups in total. The maximum absolute atomic E-state index is 9.48. The molecule has 20 heavy (non-hydrogen) atoms. The lowest BCUT2D eigenvalue weighted by Crippen LogP contribution is -2.28. The van der Waals surface area contributed by atoms with Crippen LogP contribution in [0.4, 0.5) is 5.82 Å². The SMILES string of the molecule is OCC1CCCCC1CNc1ncnc2ccccc12. The molecule has 2 atom stereocenters. The van der Waals surface area contributed by atoms with Gasteiger partial charge in [-0.3, -0.25) is 0 Å². The van der Waals surface area contributed by atoms with Crippen LogP contribution >= 0.6 is 0 Å². The molecule has 1 aliphatic carbocycles. The van der Waals surface area contributed by atoms with Crippen molar-refractivity contribution < 1.29 is 5.11 Å². The fourth-order valence-electron chi connectivity index (χ4n) is 3.17. The minimum absolute atomic E-state index is 0.302. The predicted molar refractivity (Wildman–Crippen MR) is 80.6 cm³/mol. The number of anilines is 1. The van der Waals surface area contributed by atoms with Crippen LogP contribution < -0.4 is 5.32 Å². The fourth-order valence-corrected chi connectivity index (χ4v) is 3.17. The third-order valence-electron chi connectivity index (χ3n) is 4.38. The van der Waals surface area contributed by atoms with Crippen LogP contribution in [0.15, 0.2) is 30.6 Å². The molecule has 0 aliphatic heterocycles. The Balaban J connectivity index is 1.73. The van der Waals surface area contributed by atoms with Gasteiger partial charge in [-0.15, -0.1) is 0 Å². The Morgan fingerprint density at radius 2 is 1.90 bits per heavy atom. The van der Waals surface area contributed by atoms with Crippen molar-refractivity contribution in [2.45, 2.75) is 25.7 Å². The average Bonchev–Trinajstić information content (AvgIpc) is 2.53. The Hall–Kier alpha value is -1.68. The van der Waals surface area contributed by atoms with E-state index in [1.807, 2.05) is 24.3 Å². The van der Waals surface area contributed by atoms with E-state index in [4.69, 9.17) is 0 Å². The van der Waals surface area contributed by atoms with Crippen molar-refractivity contribution in [1.82, 2.24) is 9.97 Å². The van der Waals surface area contributed by atoms with Crippen molar-refractivity contribution in [1.29, 1.82) is 0 Å².